The first kappa shape index (κ1) is 18.5. The van der Waals surface area contributed by atoms with Crippen molar-refractivity contribution in [1.82, 2.24) is 5.32 Å². The average molecular weight is 361 g/mol. The minimum Gasteiger partial charge on any atom is -0.465 e. The standard InChI is InChI=1S/C18H17ClN2O4/c1-25-18(24)13-4-2-3-12(10-13)17(23)21-15(16(20)22)9-11-5-7-14(19)8-6-11/h2-8,10,15H,9H2,1H3,(H2,20,22)(H,21,23)/t15-/m1/s1. The first-order valence-electron chi connectivity index (χ1n) is 7.43. The van der Waals surface area contributed by atoms with Crippen LogP contribution in [0.5, 0.6) is 0 Å². The molecule has 2 rings (SSSR count). The molecule has 0 spiro atoms. The van der Waals surface area contributed by atoms with E-state index in [0.29, 0.717) is 5.02 Å². The Morgan fingerprint density at radius 2 is 1.76 bits per heavy atom. The lowest BCUT2D eigenvalue weighted by Crippen LogP contribution is -2.45. The highest BCUT2D eigenvalue weighted by Crippen LogP contribution is 2.12. The second-order valence-corrected chi connectivity index (χ2v) is 5.77. The van der Waals surface area contributed by atoms with Crippen LogP contribution in [0.1, 0.15) is 26.3 Å². The Balaban J connectivity index is 2.13. The topological polar surface area (TPSA) is 98.5 Å². The SMILES string of the molecule is COC(=O)c1cccc(C(=O)N[C@H](Cc2ccc(Cl)cc2)C(N)=O)c1. The van der Waals surface area contributed by atoms with Gasteiger partial charge < -0.3 is 15.8 Å². The first-order chi connectivity index (χ1) is 11.9. The van der Waals surface area contributed by atoms with E-state index in [1.807, 2.05) is 0 Å². The van der Waals surface area contributed by atoms with Crippen molar-refractivity contribution < 1.29 is 19.1 Å². The molecule has 2 amide bonds. The molecule has 1 atom stereocenters. The highest BCUT2D eigenvalue weighted by Gasteiger charge is 2.20. The zero-order valence-electron chi connectivity index (χ0n) is 13.5. The van der Waals surface area contributed by atoms with E-state index >= 15 is 0 Å². The van der Waals surface area contributed by atoms with Crippen molar-refractivity contribution in [2.24, 2.45) is 5.73 Å². The molecule has 0 unspecified atom stereocenters. The fraction of sp³-hybridized carbons (Fsp3) is 0.167. The molecule has 0 aliphatic rings. The van der Waals surface area contributed by atoms with Gasteiger partial charge in [0.2, 0.25) is 5.91 Å². The number of nitrogens with one attached hydrogen (secondary N) is 1. The van der Waals surface area contributed by atoms with E-state index in [9.17, 15) is 14.4 Å². The molecule has 0 aliphatic heterocycles. The molecule has 0 radical (unpaired) electrons. The molecule has 0 heterocycles. The van der Waals surface area contributed by atoms with Gasteiger partial charge in [0.15, 0.2) is 0 Å². The Hall–Kier alpha value is -2.86. The van der Waals surface area contributed by atoms with Crippen LogP contribution in [0.3, 0.4) is 0 Å². The smallest absolute Gasteiger partial charge is 0.337 e. The summed E-state index contributed by atoms with van der Waals surface area (Å²) in [6.07, 6.45) is 0.231. The van der Waals surface area contributed by atoms with Gasteiger partial charge in [-0.05, 0) is 35.9 Å². The van der Waals surface area contributed by atoms with E-state index < -0.39 is 23.8 Å². The number of rotatable bonds is 6. The Kier molecular flexibility index (Phi) is 6.14. The summed E-state index contributed by atoms with van der Waals surface area (Å²) in [7, 11) is 1.25. The predicted molar refractivity (Wildman–Crippen MR) is 93.4 cm³/mol. The predicted octanol–water partition coefficient (Wildman–Crippen LogP) is 1.95. The zero-order valence-corrected chi connectivity index (χ0v) is 14.2. The van der Waals surface area contributed by atoms with Gasteiger partial charge in [-0.2, -0.15) is 0 Å². The molecule has 3 N–H and O–H groups in total. The summed E-state index contributed by atoms with van der Waals surface area (Å²) in [6.45, 7) is 0. The van der Waals surface area contributed by atoms with E-state index in [-0.39, 0.29) is 17.5 Å². The Labute approximate surface area is 149 Å². The normalized spacial score (nSPS) is 11.4. The third-order valence-electron chi connectivity index (χ3n) is 3.55. The maximum atomic E-state index is 12.4. The number of carbonyl (C=O) groups excluding carboxylic acids is 3. The lowest BCUT2D eigenvalue weighted by Gasteiger charge is -2.16. The third-order valence-corrected chi connectivity index (χ3v) is 3.80. The fourth-order valence-corrected chi connectivity index (χ4v) is 2.35. The number of carbonyl (C=O) groups is 3. The Morgan fingerprint density at radius 3 is 2.36 bits per heavy atom. The summed E-state index contributed by atoms with van der Waals surface area (Å²) in [4.78, 5) is 35.6. The van der Waals surface area contributed by atoms with Crippen molar-refractivity contribution in [2.75, 3.05) is 7.11 Å². The van der Waals surface area contributed by atoms with Crippen molar-refractivity contribution in [1.29, 1.82) is 0 Å². The van der Waals surface area contributed by atoms with Gasteiger partial charge in [0, 0.05) is 17.0 Å². The summed E-state index contributed by atoms with van der Waals surface area (Å²) in [5, 5.41) is 3.15. The van der Waals surface area contributed by atoms with Crippen LogP contribution in [0.15, 0.2) is 48.5 Å². The lowest BCUT2D eigenvalue weighted by molar-refractivity contribution is -0.119. The minimum atomic E-state index is -0.893. The molecule has 2 aromatic rings. The number of nitrogens with two attached hydrogens (primary N) is 1. The summed E-state index contributed by atoms with van der Waals surface area (Å²) in [5.41, 5.74) is 6.66. The summed E-state index contributed by atoms with van der Waals surface area (Å²) < 4.78 is 4.62. The molecule has 25 heavy (non-hydrogen) atoms. The molecule has 0 saturated carbocycles. The van der Waals surface area contributed by atoms with Gasteiger partial charge in [0.25, 0.3) is 5.91 Å². The molecule has 130 valence electrons. The highest BCUT2D eigenvalue weighted by atomic mass is 35.5. The van der Waals surface area contributed by atoms with Crippen molar-refractivity contribution in [3.8, 4) is 0 Å². The van der Waals surface area contributed by atoms with Crippen LogP contribution >= 0.6 is 11.6 Å². The van der Waals surface area contributed by atoms with Gasteiger partial charge in [-0.3, -0.25) is 9.59 Å². The van der Waals surface area contributed by atoms with Crippen molar-refractivity contribution >= 4 is 29.4 Å². The van der Waals surface area contributed by atoms with Crippen molar-refractivity contribution in [3.05, 3.63) is 70.2 Å². The number of primary amides is 1. The van der Waals surface area contributed by atoms with Crippen LogP contribution < -0.4 is 11.1 Å². The van der Waals surface area contributed by atoms with Gasteiger partial charge in [0.1, 0.15) is 6.04 Å². The van der Waals surface area contributed by atoms with Gasteiger partial charge in [-0.15, -0.1) is 0 Å². The van der Waals surface area contributed by atoms with Gasteiger partial charge in [-0.25, -0.2) is 4.79 Å². The summed E-state index contributed by atoms with van der Waals surface area (Å²) in [5.74, 6) is -1.72. The van der Waals surface area contributed by atoms with Crippen LogP contribution in [-0.4, -0.2) is 30.9 Å². The number of hydrogen-bond acceptors (Lipinski definition) is 4. The molecule has 2 aromatic carbocycles. The fourth-order valence-electron chi connectivity index (χ4n) is 2.23. The molecule has 0 aromatic heterocycles. The molecule has 0 aliphatic carbocycles. The van der Waals surface area contributed by atoms with Crippen molar-refractivity contribution in [2.45, 2.75) is 12.5 Å². The molecular formula is C18H17ClN2O4. The van der Waals surface area contributed by atoms with Crippen LogP contribution in [0.4, 0.5) is 0 Å². The van der Waals surface area contributed by atoms with Crippen LogP contribution in [0, 0.1) is 0 Å². The monoisotopic (exact) mass is 360 g/mol. The molecule has 7 heteroatoms. The van der Waals surface area contributed by atoms with Gasteiger partial charge in [-0.1, -0.05) is 29.8 Å². The maximum Gasteiger partial charge on any atom is 0.337 e. The first-order valence-corrected chi connectivity index (χ1v) is 7.81. The minimum absolute atomic E-state index is 0.227. The molecule has 0 fully saturated rings. The quantitative estimate of drug-likeness (QED) is 0.769. The number of methoxy groups -OCH3 is 1. The zero-order chi connectivity index (χ0) is 18.4. The van der Waals surface area contributed by atoms with Crippen LogP contribution in [-0.2, 0) is 16.0 Å². The third kappa shape index (κ3) is 5.06. The molecule has 0 bridgehead atoms. The number of esters is 1. The van der Waals surface area contributed by atoms with Crippen LogP contribution in [0.2, 0.25) is 5.02 Å². The number of halogens is 1. The Morgan fingerprint density at radius 1 is 1.12 bits per heavy atom. The highest BCUT2D eigenvalue weighted by molar-refractivity contribution is 6.30. The summed E-state index contributed by atoms with van der Waals surface area (Å²) in [6, 6.07) is 12.0. The summed E-state index contributed by atoms with van der Waals surface area (Å²) >= 11 is 5.83. The van der Waals surface area contributed by atoms with E-state index in [1.165, 1.54) is 25.3 Å². The van der Waals surface area contributed by atoms with E-state index in [1.54, 1.807) is 30.3 Å². The molecular weight excluding hydrogens is 344 g/mol. The second-order valence-electron chi connectivity index (χ2n) is 5.33. The largest absolute Gasteiger partial charge is 0.465 e. The Bertz CT molecular complexity index is 790. The number of ether oxygens (including phenoxy) is 1. The number of hydrogen-bond donors (Lipinski definition) is 2. The molecule has 0 saturated heterocycles. The second kappa shape index (κ2) is 8.30. The van der Waals surface area contributed by atoms with E-state index in [4.69, 9.17) is 17.3 Å². The lowest BCUT2D eigenvalue weighted by atomic mass is 10.0. The number of amides is 2. The van der Waals surface area contributed by atoms with Gasteiger partial charge in [0.05, 0.1) is 12.7 Å². The molecule has 6 nitrogen and oxygen atoms in total. The van der Waals surface area contributed by atoms with Gasteiger partial charge >= 0.3 is 5.97 Å². The maximum absolute atomic E-state index is 12.4. The van der Waals surface area contributed by atoms with Crippen molar-refractivity contribution in [3.63, 3.8) is 0 Å². The van der Waals surface area contributed by atoms with E-state index in [0.717, 1.165) is 5.56 Å². The number of benzene rings is 2. The van der Waals surface area contributed by atoms with Crippen LogP contribution in [0.25, 0.3) is 0 Å². The average Bonchev–Trinajstić information content (AvgIpc) is 2.62. The van der Waals surface area contributed by atoms with E-state index in [2.05, 4.69) is 10.1 Å².